The van der Waals surface area contributed by atoms with Crippen molar-refractivity contribution in [1.82, 2.24) is 4.90 Å². The molecule has 0 aromatic heterocycles. The zero-order valence-electron chi connectivity index (χ0n) is 19.0. The normalized spacial score (nSPS) is 24.0. The summed E-state index contributed by atoms with van der Waals surface area (Å²) in [5, 5.41) is 20.3. The summed E-state index contributed by atoms with van der Waals surface area (Å²) in [5.41, 5.74) is 3.07. The molecule has 2 N–H and O–H groups in total. The third kappa shape index (κ3) is 6.27. The van der Waals surface area contributed by atoms with Crippen LogP contribution in [-0.4, -0.2) is 59.0 Å². The number of hydrogen-bond acceptors (Lipinski definition) is 5. The van der Waals surface area contributed by atoms with Gasteiger partial charge in [-0.05, 0) is 41.3 Å². The molecule has 1 amide bonds. The first kappa shape index (κ1) is 24.0. The SMILES string of the molecule is CC(=O)N1CCC(Oc2ccc(Cc3cc([C@H]4C[C@@H](O)C[C@@H](CO)O4)ccc3Cl)cc2)CC1. The Kier molecular flexibility index (Phi) is 7.91. The summed E-state index contributed by atoms with van der Waals surface area (Å²) < 4.78 is 12.1. The minimum Gasteiger partial charge on any atom is -0.490 e. The lowest BCUT2D eigenvalue weighted by molar-refractivity contribution is -0.130. The van der Waals surface area contributed by atoms with E-state index in [1.165, 1.54) is 0 Å². The Morgan fingerprint density at radius 1 is 1.15 bits per heavy atom. The van der Waals surface area contributed by atoms with Gasteiger partial charge in [0.15, 0.2) is 0 Å². The van der Waals surface area contributed by atoms with Crippen molar-refractivity contribution in [3.8, 4) is 5.75 Å². The Morgan fingerprint density at radius 2 is 1.88 bits per heavy atom. The van der Waals surface area contributed by atoms with Gasteiger partial charge in [0, 0.05) is 50.7 Å². The number of piperidine rings is 1. The van der Waals surface area contributed by atoms with Crippen LogP contribution in [0.4, 0.5) is 0 Å². The number of carbonyl (C=O) groups excluding carboxylic acids is 1. The molecule has 0 aliphatic carbocycles. The lowest BCUT2D eigenvalue weighted by atomic mass is 9.94. The average Bonchev–Trinajstić information content (AvgIpc) is 2.81. The summed E-state index contributed by atoms with van der Waals surface area (Å²) in [6.45, 7) is 3.00. The van der Waals surface area contributed by atoms with Crippen LogP contribution >= 0.6 is 11.6 Å². The van der Waals surface area contributed by atoms with E-state index in [0.29, 0.717) is 24.3 Å². The van der Waals surface area contributed by atoms with Gasteiger partial charge < -0.3 is 24.6 Å². The van der Waals surface area contributed by atoms with E-state index in [1.54, 1.807) is 6.92 Å². The monoisotopic (exact) mass is 473 g/mol. The lowest BCUT2D eigenvalue weighted by Crippen LogP contribution is -2.40. The second-order valence-corrected chi connectivity index (χ2v) is 9.46. The molecule has 33 heavy (non-hydrogen) atoms. The van der Waals surface area contributed by atoms with Crippen LogP contribution in [0.2, 0.25) is 5.02 Å². The molecule has 0 radical (unpaired) electrons. The topological polar surface area (TPSA) is 79.2 Å². The molecule has 0 unspecified atom stereocenters. The predicted molar refractivity (Wildman–Crippen MR) is 127 cm³/mol. The number of aliphatic hydroxyl groups excluding tert-OH is 2. The number of rotatable bonds is 6. The van der Waals surface area contributed by atoms with E-state index >= 15 is 0 Å². The van der Waals surface area contributed by atoms with Crippen LogP contribution in [0.1, 0.15) is 55.4 Å². The highest BCUT2D eigenvalue weighted by Crippen LogP contribution is 2.34. The first-order valence-electron chi connectivity index (χ1n) is 11.6. The van der Waals surface area contributed by atoms with Crippen LogP contribution in [0, 0.1) is 0 Å². The van der Waals surface area contributed by atoms with E-state index in [1.807, 2.05) is 47.4 Å². The van der Waals surface area contributed by atoms with Gasteiger partial charge >= 0.3 is 0 Å². The van der Waals surface area contributed by atoms with Crippen molar-refractivity contribution >= 4 is 17.5 Å². The minimum absolute atomic E-state index is 0.0989. The second-order valence-electron chi connectivity index (χ2n) is 9.05. The van der Waals surface area contributed by atoms with Crippen LogP contribution < -0.4 is 4.74 Å². The van der Waals surface area contributed by atoms with Gasteiger partial charge in [-0.15, -0.1) is 0 Å². The van der Waals surface area contributed by atoms with E-state index in [0.717, 1.165) is 48.4 Å². The molecular weight excluding hydrogens is 442 g/mol. The highest BCUT2D eigenvalue weighted by atomic mass is 35.5. The van der Waals surface area contributed by atoms with Crippen LogP contribution in [0.5, 0.6) is 5.75 Å². The number of ether oxygens (including phenoxy) is 2. The number of amides is 1. The minimum atomic E-state index is -0.484. The van der Waals surface area contributed by atoms with Crippen molar-refractivity contribution < 1.29 is 24.5 Å². The summed E-state index contributed by atoms with van der Waals surface area (Å²) in [6.07, 6.45) is 2.37. The molecule has 2 fully saturated rings. The second kappa shape index (κ2) is 10.9. The van der Waals surface area contributed by atoms with Gasteiger partial charge in [-0.1, -0.05) is 35.9 Å². The Bertz CT molecular complexity index is 942. The van der Waals surface area contributed by atoms with Gasteiger partial charge in [-0.2, -0.15) is 0 Å². The van der Waals surface area contributed by atoms with Gasteiger partial charge in [0.2, 0.25) is 5.91 Å². The molecule has 0 spiro atoms. The number of halogens is 1. The quantitative estimate of drug-likeness (QED) is 0.665. The molecule has 0 bridgehead atoms. The van der Waals surface area contributed by atoms with E-state index in [4.69, 9.17) is 21.1 Å². The fourth-order valence-electron chi connectivity index (χ4n) is 4.64. The van der Waals surface area contributed by atoms with Crippen LogP contribution in [0.25, 0.3) is 0 Å². The summed E-state index contributed by atoms with van der Waals surface area (Å²) in [6, 6.07) is 13.9. The third-order valence-corrected chi connectivity index (χ3v) is 6.90. The van der Waals surface area contributed by atoms with Crippen molar-refractivity contribution in [1.29, 1.82) is 0 Å². The number of aliphatic hydroxyl groups is 2. The maximum atomic E-state index is 11.5. The number of hydrogen-bond donors (Lipinski definition) is 2. The number of carbonyl (C=O) groups is 1. The zero-order chi connectivity index (χ0) is 23.4. The summed E-state index contributed by atoms with van der Waals surface area (Å²) in [5.74, 6) is 0.958. The number of benzene rings is 2. The maximum Gasteiger partial charge on any atom is 0.219 e. The van der Waals surface area contributed by atoms with E-state index in [-0.39, 0.29) is 30.8 Å². The van der Waals surface area contributed by atoms with E-state index in [2.05, 4.69) is 0 Å². The Morgan fingerprint density at radius 3 is 2.55 bits per heavy atom. The van der Waals surface area contributed by atoms with E-state index < -0.39 is 6.10 Å². The van der Waals surface area contributed by atoms with Gasteiger partial charge in [0.05, 0.1) is 24.9 Å². The van der Waals surface area contributed by atoms with Crippen molar-refractivity contribution in [3.05, 3.63) is 64.2 Å². The number of nitrogens with zero attached hydrogens (tertiary/aromatic N) is 1. The molecule has 3 atom stereocenters. The molecule has 2 heterocycles. The Balaban J connectivity index is 1.38. The predicted octanol–water partition coefficient (Wildman–Crippen LogP) is 3.89. The summed E-state index contributed by atoms with van der Waals surface area (Å²) in [7, 11) is 0. The molecule has 178 valence electrons. The third-order valence-electron chi connectivity index (χ3n) is 6.53. The molecule has 2 aromatic carbocycles. The molecular formula is C26H32ClNO5. The molecule has 0 saturated carbocycles. The van der Waals surface area contributed by atoms with Crippen molar-refractivity contribution in [3.63, 3.8) is 0 Å². The van der Waals surface area contributed by atoms with Gasteiger partial charge in [0.25, 0.3) is 0 Å². The molecule has 7 heteroatoms. The highest BCUT2D eigenvalue weighted by molar-refractivity contribution is 6.31. The van der Waals surface area contributed by atoms with E-state index in [9.17, 15) is 15.0 Å². The number of likely N-dealkylation sites (tertiary alicyclic amines) is 1. The van der Waals surface area contributed by atoms with Gasteiger partial charge in [-0.25, -0.2) is 0 Å². The molecule has 2 aliphatic heterocycles. The Labute approximate surface area is 200 Å². The molecule has 2 aromatic rings. The van der Waals surface area contributed by atoms with Crippen molar-refractivity contribution in [2.45, 2.75) is 63.4 Å². The van der Waals surface area contributed by atoms with Crippen LogP contribution in [0.3, 0.4) is 0 Å². The first-order chi connectivity index (χ1) is 15.9. The largest absolute Gasteiger partial charge is 0.490 e. The average molecular weight is 474 g/mol. The van der Waals surface area contributed by atoms with Gasteiger partial charge in [0.1, 0.15) is 11.9 Å². The fraction of sp³-hybridized carbons (Fsp3) is 0.500. The van der Waals surface area contributed by atoms with Gasteiger partial charge in [-0.3, -0.25) is 4.79 Å². The summed E-state index contributed by atoms with van der Waals surface area (Å²) >= 11 is 6.48. The maximum absolute atomic E-state index is 11.5. The Hall–Kier alpha value is -2.12. The molecule has 6 nitrogen and oxygen atoms in total. The van der Waals surface area contributed by atoms with Crippen LogP contribution in [0.15, 0.2) is 42.5 Å². The molecule has 2 aliphatic rings. The van der Waals surface area contributed by atoms with Crippen LogP contribution in [-0.2, 0) is 16.0 Å². The first-order valence-corrected chi connectivity index (χ1v) is 12.0. The van der Waals surface area contributed by atoms with Crippen molar-refractivity contribution in [2.75, 3.05) is 19.7 Å². The highest BCUT2D eigenvalue weighted by Gasteiger charge is 2.29. The smallest absolute Gasteiger partial charge is 0.219 e. The standard InChI is InChI=1S/C26H32ClNO5/c1-17(30)28-10-8-23(9-11-28)32-22-5-2-18(3-6-22)12-20-13-19(4-7-25(20)27)26-15-21(31)14-24(16-29)33-26/h2-7,13,21,23-24,26,29,31H,8-12,14-16H2,1H3/t21-,24-,26+/m0/s1. The molecule has 4 rings (SSSR count). The lowest BCUT2D eigenvalue weighted by Gasteiger charge is -2.32. The fourth-order valence-corrected chi connectivity index (χ4v) is 4.82. The molecule has 2 saturated heterocycles. The van der Waals surface area contributed by atoms with Crippen molar-refractivity contribution in [2.24, 2.45) is 0 Å². The zero-order valence-corrected chi connectivity index (χ0v) is 19.7. The summed E-state index contributed by atoms with van der Waals surface area (Å²) in [4.78, 5) is 13.3.